The van der Waals surface area contributed by atoms with Crippen LogP contribution in [0.25, 0.3) is 10.2 Å². The standard InChI is InChI=1S/C26H33N3O3S2/c1-19-5-10-23-25(20(19)2)27-26(34-23)29(13-4-12-28-14-16-32-17-15-28)24(30)11-18-33-22-8-6-21(31-3)7-9-22/h5-10H,4,11-18H2,1-3H3. The minimum absolute atomic E-state index is 0.136. The minimum atomic E-state index is 0.136. The highest BCUT2D eigenvalue weighted by atomic mass is 32.2. The second-order valence-electron chi connectivity index (χ2n) is 8.48. The number of nitrogens with zero attached hydrogens (tertiary/aromatic N) is 3. The lowest BCUT2D eigenvalue weighted by molar-refractivity contribution is -0.118. The summed E-state index contributed by atoms with van der Waals surface area (Å²) in [5.74, 6) is 1.71. The van der Waals surface area contributed by atoms with Gasteiger partial charge in [0.1, 0.15) is 5.75 Å². The average molecular weight is 500 g/mol. The van der Waals surface area contributed by atoms with Crippen LogP contribution in [-0.4, -0.2) is 68.0 Å². The lowest BCUT2D eigenvalue weighted by atomic mass is 10.1. The number of anilines is 1. The van der Waals surface area contributed by atoms with E-state index in [0.717, 1.165) is 71.0 Å². The van der Waals surface area contributed by atoms with Gasteiger partial charge >= 0.3 is 0 Å². The van der Waals surface area contributed by atoms with Gasteiger partial charge in [-0.15, -0.1) is 11.8 Å². The maximum Gasteiger partial charge on any atom is 0.229 e. The predicted octanol–water partition coefficient (Wildman–Crippen LogP) is 5.16. The van der Waals surface area contributed by atoms with E-state index in [4.69, 9.17) is 14.5 Å². The summed E-state index contributed by atoms with van der Waals surface area (Å²) in [6.07, 6.45) is 1.40. The van der Waals surface area contributed by atoms with Crippen molar-refractivity contribution in [2.24, 2.45) is 0 Å². The molecule has 4 rings (SSSR count). The number of thiazole rings is 1. The molecule has 34 heavy (non-hydrogen) atoms. The summed E-state index contributed by atoms with van der Waals surface area (Å²) < 4.78 is 11.8. The van der Waals surface area contributed by atoms with E-state index in [1.165, 1.54) is 11.1 Å². The van der Waals surface area contributed by atoms with Gasteiger partial charge in [-0.25, -0.2) is 4.98 Å². The van der Waals surface area contributed by atoms with Gasteiger partial charge in [0.2, 0.25) is 5.91 Å². The van der Waals surface area contributed by atoms with Gasteiger partial charge in [-0.05, 0) is 61.7 Å². The van der Waals surface area contributed by atoms with Crippen LogP contribution in [0.2, 0.25) is 0 Å². The van der Waals surface area contributed by atoms with Crippen LogP contribution >= 0.6 is 23.1 Å². The zero-order valence-electron chi connectivity index (χ0n) is 20.2. The summed E-state index contributed by atoms with van der Waals surface area (Å²) in [6.45, 7) is 9.38. The van der Waals surface area contributed by atoms with Crippen molar-refractivity contribution in [3.05, 3.63) is 47.5 Å². The van der Waals surface area contributed by atoms with E-state index in [0.29, 0.717) is 13.0 Å². The first-order valence-corrected chi connectivity index (χ1v) is 13.6. The number of thioether (sulfide) groups is 1. The Morgan fingerprint density at radius 3 is 2.68 bits per heavy atom. The van der Waals surface area contributed by atoms with Gasteiger partial charge < -0.3 is 9.47 Å². The molecule has 6 nitrogen and oxygen atoms in total. The summed E-state index contributed by atoms with van der Waals surface area (Å²) in [4.78, 5) is 23.7. The van der Waals surface area contributed by atoms with Crippen LogP contribution in [0, 0.1) is 13.8 Å². The number of aryl methyl sites for hydroxylation is 2. The molecule has 0 unspecified atom stereocenters. The number of morpholine rings is 1. The highest BCUT2D eigenvalue weighted by Crippen LogP contribution is 2.32. The molecule has 0 atom stereocenters. The van der Waals surface area contributed by atoms with Crippen LogP contribution in [0.3, 0.4) is 0 Å². The molecule has 0 radical (unpaired) electrons. The molecule has 1 amide bonds. The van der Waals surface area contributed by atoms with Crippen molar-refractivity contribution in [1.29, 1.82) is 0 Å². The molecule has 1 saturated heterocycles. The number of carbonyl (C=O) groups excluding carboxylic acids is 1. The normalized spacial score (nSPS) is 14.4. The highest BCUT2D eigenvalue weighted by Gasteiger charge is 2.21. The number of ether oxygens (including phenoxy) is 2. The Balaban J connectivity index is 1.43. The van der Waals surface area contributed by atoms with Gasteiger partial charge in [0.05, 0.1) is 30.5 Å². The highest BCUT2D eigenvalue weighted by molar-refractivity contribution is 7.99. The van der Waals surface area contributed by atoms with Crippen LogP contribution in [-0.2, 0) is 9.53 Å². The minimum Gasteiger partial charge on any atom is -0.497 e. The number of hydrogen-bond acceptors (Lipinski definition) is 7. The fourth-order valence-corrected chi connectivity index (χ4v) is 5.91. The number of methoxy groups -OCH3 is 1. The Morgan fingerprint density at radius 2 is 1.94 bits per heavy atom. The summed E-state index contributed by atoms with van der Waals surface area (Å²) in [7, 11) is 1.67. The zero-order valence-corrected chi connectivity index (χ0v) is 21.8. The Morgan fingerprint density at radius 1 is 1.18 bits per heavy atom. The maximum absolute atomic E-state index is 13.4. The number of amides is 1. The lowest BCUT2D eigenvalue weighted by Gasteiger charge is -2.27. The van der Waals surface area contributed by atoms with Crippen molar-refractivity contribution in [3.8, 4) is 5.75 Å². The molecular formula is C26H33N3O3S2. The van der Waals surface area contributed by atoms with Crippen LogP contribution in [0.5, 0.6) is 5.75 Å². The van der Waals surface area contributed by atoms with Gasteiger partial charge in [-0.1, -0.05) is 17.4 Å². The molecule has 8 heteroatoms. The predicted molar refractivity (Wildman–Crippen MR) is 142 cm³/mol. The number of benzene rings is 2. The first-order chi connectivity index (χ1) is 16.5. The zero-order chi connectivity index (χ0) is 23.9. The summed E-state index contributed by atoms with van der Waals surface area (Å²) in [5, 5.41) is 0.810. The Kier molecular flexibility index (Phi) is 8.83. The van der Waals surface area contributed by atoms with Crippen molar-refractivity contribution in [2.45, 2.75) is 31.6 Å². The van der Waals surface area contributed by atoms with Crippen LogP contribution < -0.4 is 9.64 Å². The van der Waals surface area contributed by atoms with Gasteiger partial charge in [-0.2, -0.15) is 0 Å². The molecule has 0 spiro atoms. The van der Waals surface area contributed by atoms with E-state index in [2.05, 4.69) is 30.9 Å². The molecule has 0 aliphatic carbocycles. The second-order valence-corrected chi connectivity index (χ2v) is 10.7. The van der Waals surface area contributed by atoms with Crippen molar-refractivity contribution < 1.29 is 14.3 Å². The van der Waals surface area contributed by atoms with Gasteiger partial charge in [0.15, 0.2) is 5.13 Å². The molecule has 0 saturated carbocycles. The smallest absolute Gasteiger partial charge is 0.229 e. The molecule has 3 aromatic rings. The summed E-state index contributed by atoms with van der Waals surface area (Å²) in [5.41, 5.74) is 3.43. The van der Waals surface area contributed by atoms with Crippen LogP contribution in [0.4, 0.5) is 5.13 Å². The maximum atomic E-state index is 13.4. The third-order valence-electron chi connectivity index (χ3n) is 6.21. The largest absolute Gasteiger partial charge is 0.497 e. The SMILES string of the molecule is COc1ccc(SCCC(=O)N(CCCN2CCOCC2)c2nc3c(C)c(C)ccc3s2)cc1. The lowest BCUT2D eigenvalue weighted by Crippen LogP contribution is -2.39. The van der Waals surface area contributed by atoms with E-state index >= 15 is 0 Å². The third-order valence-corrected chi connectivity index (χ3v) is 8.27. The average Bonchev–Trinajstić information content (AvgIpc) is 3.30. The van der Waals surface area contributed by atoms with E-state index in [9.17, 15) is 4.79 Å². The first kappa shape index (κ1) is 25.0. The molecule has 2 heterocycles. The van der Waals surface area contributed by atoms with Crippen molar-refractivity contribution in [3.63, 3.8) is 0 Å². The molecule has 1 aliphatic heterocycles. The third kappa shape index (κ3) is 6.30. The molecule has 1 aliphatic rings. The summed E-state index contributed by atoms with van der Waals surface area (Å²) in [6, 6.07) is 12.2. The molecule has 2 aromatic carbocycles. The van der Waals surface area contributed by atoms with Gasteiger partial charge in [-0.3, -0.25) is 14.6 Å². The van der Waals surface area contributed by atoms with Gasteiger partial charge in [0.25, 0.3) is 0 Å². The number of aromatic nitrogens is 1. The van der Waals surface area contributed by atoms with Gasteiger partial charge in [0, 0.05) is 43.2 Å². The van der Waals surface area contributed by atoms with Crippen molar-refractivity contribution >= 4 is 44.4 Å². The molecule has 1 aromatic heterocycles. The topological polar surface area (TPSA) is 54.9 Å². The number of fused-ring (bicyclic) bond motifs is 1. The number of hydrogen-bond donors (Lipinski definition) is 0. The summed E-state index contributed by atoms with van der Waals surface area (Å²) >= 11 is 3.31. The van der Waals surface area contributed by atoms with Crippen LogP contribution in [0.1, 0.15) is 24.0 Å². The fraction of sp³-hybridized carbons (Fsp3) is 0.462. The Labute approximate surface area is 210 Å². The van der Waals surface area contributed by atoms with E-state index < -0.39 is 0 Å². The Hall–Kier alpha value is -2.13. The molecule has 182 valence electrons. The quantitative estimate of drug-likeness (QED) is 0.359. The first-order valence-electron chi connectivity index (χ1n) is 11.8. The van der Waals surface area contributed by atoms with E-state index in [1.807, 2.05) is 29.2 Å². The molecule has 0 bridgehead atoms. The molecule has 0 N–H and O–H groups in total. The van der Waals surface area contributed by atoms with E-state index in [1.54, 1.807) is 30.2 Å². The fourth-order valence-electron chi connectivity index (χ4n) is 4.00. The van der Waals surface area contributed by atoms with Crippen molar-refractivity contribution in [2.75, 3.05) is 57.2 Å². The monoisotopic (exact) mass is 499 g/mol. The Bertz CT molecular complexity index is 1090. The van der Waals surface area contributed by atoms with E-state index in [-0.39, 0.29) is 5.91 Å². The molecular weight excluding hydrogens is 466 g/mol. The van der Waals surface area contributed by atoms with Crippen LogP contribution in [0.15, 0.2) is 41.3 Å². The van der Waals surface area contributed by atoms with Crippen molar-refractivity contribution in [1.82, 2.24) is 9.88 Å². The number of carbonyl (C=O) groups is 1. The second kappa shape index (κ2) is 12.0. The number of rotatable bonds is 10. The molecule has 1 fully saturated rings.